The zero-order valence-electron chi connectivity index (χ0n) is 12.5. The van der Waals surface area contributed by atoms with Crippen molar-refractivity contribution in [3.05, 3.63) is 36.5 Å². The number of carbonyl (C=O) groups is 2. The first kappa shape index (κ1) is 16.8. The van der Waals surface area contributed by atoms with E-state index in [-0.39, 0.29) is 12.3 Å². The van der Waals surface area contributed by atoms with Gasteiger partial charge in [0.15, 0.2) is 0 Å². The smallest absolute Gasteiger partial charge is 0.320 e. The van der Waals surface area contributed by atoms with Crippen LogP contribution in [-0.4, -0.2) is 44.1 Å². The van der Waals surface area contributed by atoms with Crippen LogP contribution in [0.1, 0.15) is 24.1 Å². The molecule has 8 nitrogen and oxygen atoms in total. The van der Waals surface area contributed by atoms with Crippen LogP contribution in [0.15, 0.2) is 36.5 Å². The number of benzene rings is 1. The highest BCUT2D eigenvalue weighted by atomic mass is 16.4. The van der Waals surface area contributed by atoms with Gasteiger partial charge >= 0.3 is 5.97 Å². The molecule has 1 aromatic carbocycles. The Morgan fingerprint density at radius 2 is 1.78 bits per heavy atom. The Hall–Kier alpha value is -2.58. The van der Waals surface area contributed by atoms with Gasteiger partial charge in [0.25, 0.3) is 5.91 Å². The van der Waals surface area contributed by atoms with E-state index in [1.165, 1.54) is 6.20 Å². The molecule has 1 aromatic heterocycles. The maximum Gasteiger partial charge on any atom is 0.320 e. The molecule has 2 rings (SSSR count). The van der Waals surface area contributed by atoms with Crippen LogP contribution in [0.25, 0.3) is 11.3 Å². The van der Waals surface area contributed by atoms with E-state index >= 15 is 0 Å². The predicted molar refractivity (Wildman–Crippen MR) is 83.5 cm³/mol. The van der Waals surface area contributed by atoms with E-state index in [9.17, 15) is 9.59 Å². The molecule has 2 aromatic rings. The Morgan fingerprint density at radius 1 is 1.13 bits per heavy atom. The zero-order chi connectivity index (χ0) is 16.8. The van der Waals surface area contributed by atoms with Gasteiger partial charge in [0.1, 0.15) is 11.7 Å². The second kappa shape index (κ2) is 7.61. The average Bonchev–Trinajstić information content (AvgIpc) is 3.04. The summed E-state index contributed by atoms with van der Waals surface area (Å²) < 4.78 is 1.12. The van der Waals surface area contributed by atoms with Gasteiger partial charge in [-0.05, 0) is 19.3 Å². The number of carboxylic acids is 1. The number of rotatable bonds is 7. The highest BCUT2D eigenvalue weighted by Crippen LogP contribution is 2.15. The highest BCUT2D eigenvalue weighted by Gasteiger charge is 2.19. The van der Waals surface area contributed by atoms with Crippen LogP contribution in [-0.2, 0) is 4.79 Å². The summed E-state index contributed by atoms with van der Waals surface area (Å²) >= 11 is 0. The number of aliphatic carboxylic acids is 1. The number of carbonyl (C=O) groups excluding carboxylic acids is 1. The third-order valence-corrected chi connectivity index (χ3v) is 3.45. The molecule has 0 radical (unpaired) electrons. The zero-order valence-corrected chi connectivity index (χ0v) is 12.5. The summed E-state index contributed by atoms with van der Waals surface area (Å²) in [5, 5.41) is 16.5. The summed E-state index contributed by atoms with van der Waals surface area (Å²) in [6, 6.07) is 7.64. The molecule has 0 bridgehead atoms. The fourth-order valence-corrected chi connectivity index (χ4v) is 2.09. The lowest BCUT2D eigenvalue weighted by atomic mass is 10.1. The van der Waals surface area contributed by atoms with Gasteiger partial charge in [-0.3, -0.25) is 9.59 Å². The van der Waals surface area contributed by atoms with Gasteiger partial charge in [-0.2, -0.15) is 4.68 Å². The van der Waals surface area contributed by atoms with E-state index in [4.69, 9.17) is 16.6 Å². The van der Waals surface area contributed by atoms with Crippen molar-refractivity contribution < 1.29 is 14.7 Å². The minimum atomic E-state index is -1.06. The number of carboxylic acid groups (broad SMARTS) is 1. The van der Waals surface area contributed by atoms with E-state index in [0.29, 0.717) is 18.5 Å². The molecule has 0 aliphatic rings. The van der Waals surface area contributed by atoms with Crippen LogP contribution >= 0.6 is 0 Å². The minimum Gasteiger partial charge on any atom is -0.480 e. The first-order chi connectivity index (χ1) is 11.0. The molecule has 0 aliphatic heterocycles. The maximum absolute atomic E-state index is 12.2. The van der Waals surface area contributed by atoms with Crippen molar-refractivity contribution >= 4 is 11.9 Å². The molecule has 0 amide bonds. The molecule has 122 valence electrons. The molecule has 8 heteroatoms. The van der Waals surface area contributed by atoms with Gasteiger partial charge in [0.05, 0.1) is 12.2 Å². The Morgan fingerprint density at radius 3 is 2.43 bits per heavy atom. The number of hydrogen-bond acceptors (Lipinski definition) is 6. The number of hydrogen-bond donors (Lipinski definition) is 3. The van der Waals surface area contributed by atoms with E-state index < -0.39 is 18.1 Å². The summed E-state index contributed by atoms with van der Waals surface area (Å²) in [5.41, 5.74) is 12.7. The fourth-order valence-electron chi connectivity index (χ4n) is 2.09. The number of nitrogens with two attached hydrogens (primary N) is 2. The van der Waals surface area contributed by atoms with Gasteiger partial charge in [0.2, 0.25) is 0 Å². The van der Waals surface area contributed by atoms with Crippen molar-refractivity contribution in [3.8, 4) is 11.3 Å². The molecule has 23 heavy (non-hydrogen) atoms. The molecule has 1 unspecified atom stereocenters. The van der Waals surface area contributed by atoms with Crippen molar-refractivity contribution in [2.75, 3.05) is 0 Å². The van der Waals surface area contributed by atoms with Gasteiger partial charge in [-0.15, -0.1) is 5.10 Å². The van der Waals surface area contributed by atoms with Crippen molar-refractivity contribution in [3.63, 3.8) is 0 Å². The first-order valence-electron chi connectivity index (χ1n) is 7.25. The molecule has 0 saturated heterocycles. The Kier molecular flexibility index (Phi) is 5.56. The van der Waals surface area contributed by atoms with Crippen molar-refractivity contribution in [2.24, 2.45) is 11.5 Å². The largest absolute Gasteiger partial charge is 0.480 e. The van der Waals surface area contributed by atoms with E-state index in [0.717, 1.165) is 10.2 Å². The van der Waals surface area contributed by atoms with E-state index in [2.05, 4.69) is 10.3 Å². The highest BCUT2D eigenvalue weighted by molar-refractivity contribution is 5.83. The standard InChI is InChI=1S/C15H19N5O3/c16-11(7-4-8-12(17)15(22)23)14(21)20-9-13(18-19-20)10-5-2-1-3-6-10/h1-3,5-6,9,11-12H,4,7-8,16-17H2,(H,22,23)/t11?,12-/m0/s1. The third kappa shape index (κ3) is 4.44. The van der Waals surface area contributed by atoms with Crippen LogP contribution in [0, 0.1) is 0 Å². The lowest BCUT2D eigenvalue weighted by Crippen LogP contribution is -2.36. The molecule has 2 atom stereocenters. The number of aromatic nitrogens is 3. The summed E-state index contributed by atoms with van der Waals surface area (Å²) in [5.74, 6) is -1.45. The average molecular weight is 317 g/mol. The lowest BCUT2D eigenvalue weighted by molar-refractivity contribution is -0.138. The van der Waals surface area contributed by atoms with Gasteiger partial charge in [0, 0.05) is 5.56 Å². The minimum absolute atomic E-state index is 0.267. The van der Waals surface area contributed by atoms with Gasteiger partial charge < -0.3 is 16.6 Å². The molecular formula is C15H19N5O3. The lowest BCUT2D eigenvalue weighted by Gasteiger charge is -2.10. The molecule has 1 heterocycles. The van der Waals surface area contributed by atoms with Crippen LogP contribution in [0.3, 0.4) is 0 Å². The summed E-state index contributed by atoms with van der Waals surface area (Å²) in [6.07, 6.45) is 2.57. The molecule has 5 N–H and O–H groups in total. The van der Waals surface area contributed by atoms with Crippen molar-refractivity contribution in [1.82, 2.24) is 15.0 Å². The quantitative estimate of drug-likeness (QED) is 0.676. The van der Waals surface area contributed by atoms with Crippen LogP contribution < -0.4 is 11.5 Å². The molecule has 0 aliphatic carbocycles. The molecular weight excluding hydrogens is 298 g/mol. The molecule has 0 spiro atoms. The third-order valence-electron chi connectivity index (χ3n) is 3.45. The second-order valence-electron chi connectivity index (χ2n) is 5.23. The van der Waals surface area contributed by atoms with Crippen molar-refractivity contribution in [1.29, 1.82) is 0 Å². The summed E-state index contributed by atoms with van der Waals surface area (Å²) in [7, 11) is 0. The second-order valence-corrected chi connectivity index (χ2v) is 5.23. The fraction of sp³-hybridized carbons (Fsp3) is 0.333. The molecule has 0 saturated carbocycles. The first-order valence-corrected chi connectivity index (χ1v) is 7.25. The summed E-state index contributed by atoms with van der Waals surface area (Å²) in [4.78, 5) is 22.8. The van der Waals surface area contributed by atoms with Crippen molar-refractivity contribution in [2.45, 2.75) is 31.3 Å². The molecule has 0 fully saturated rings. The Balaban J connectivity index is 1.93. The van der Waals surface area contributed by atoms with Crippen LogP contribution in [0.2, 0.25) is 0 Å². The Bertz CT molecular complexity index is 671. The predicted octanol–water partition coefficient (Wildman–Crippen LogP) is 0.495. The Labute approximate surface area is 133 Å². The van der Waals surface area contributed by atoms with Gasteiger partial charge in [-0.1, -0.05) is 35.5 Å². The van der Waals surface area contributed by atoms with E-state index in [1.807, 2.05) is 30.3 Å². The van der Waals surface area contributed by atoms with Crippen LogP contribution in [0.4, 0.5) is 0 Å². The SMILES string of the molecule is NC(CCC[C@H](N)C(=O)O)C(=O)n1cc(-c2ccccc2)nn1. The van der Waals surface area contributed by atoms with Gasteiger partial charge in [-0.25, -0.2) is 0 Å². The topological polar surface area (TPSA) is 137 Å². The monoisotopic (exact) mass is 317 g/mol. The normalized spacial score (nSPS) is 13.5. The number of nitrogens with zero attached hydrogens (tertiary/aromatic N) is 3. The van der Waals surface area contributed by atoms with E-state index in [1.54, 1.807) is 0 Å². The summed E-state index contributed by atoms with van der Waals surface area (Å²) in [6.45, 7) is 0. The maximum atomic E-state index is 12.2. The van der Waals surface area contributed by atoms with Crippen LogP contribution in [0.5, 0.6) is 0 Å².